The summed E-state index contributed by atoms with van der Waals surface area (Å²) in [5.41, 5.74) is 5.99. The van der Waals surface area contributed by atoms with E-state index in [1.807, 2.05) is 47.6 Å². The number of anilines is 1. The number of terminal acetylenes is 1. The lowest BCUT2D eigenvalue weighted by Gasteiger charge is -2.34. The number of nitrogens with one attached hydrogen (secondary N) is 1. The number of ether oxygens (including phenoxy) is 4. The van der Waals surface area contributed by atoms with Crippen molar-refractivity contribution in [1.82, 2.24) is 5.01 Å². The van der Waals surface area contributed by atoms with Gasteiger partial charge >= 0.3 is 0 Å². The molecule has 7 heteroatoms. The van der Waals surface area contributed by atoms with Crippen LogP contribution in [0, 0.1) is 12.3 Å². The van der Waals surface area contributed by atoms with Crippen LogP contribution in [0.1, 0.15) is 5.56 Å². The molecule has 7 nitrogen and oxygen atoms in total. The van der Waals surface area contributed by atoms with Crippen LogP contribution in [0.5, 0.6) is 0 Å². The Morgan fingerprint density at radius 1 is 1.10 bits per heavy atom. The first-order valence-electron chi connectivity index (χ1n) is 9.27. The molecule has 1 aliphatic carbocycles. The fourth-order valence-electron chi connectivity index (χ4n) is 2.88. The molecule has 1 N–H and O–H groups in total. The van der Waals surface area contributed by atoms with E-state index in [9.17, 15) is 0 Å². The highest BCUT2D eigenvalue weighted by Gasteiger charge is 2.28. The molecule has 3 rings (SSSR count). The Hall–Kier alpha value is -3.21. The van der Waals surface area contributed by atoms with Crippen LogP contribution in [0.25, 0.3) is 0 Å². The monoisotopic (exact) mass is 395 g/mol. The molecular weight excluding hydrogens is 370 g/mol. The van der Waals surface area contributed by atoms with Crippen LogP contribution in [0.4, 0.5) is 5.69 Å². The Morgan fingerprint density at radius 2 is 1.86 bits per heavy atom. The predicted octanol–water partition coefficient (Wildman–Crippen LogP) is 2.70. The zero-order chi connectivity index (χ0) is 20.5. The first-order chi connectivity index (χ1) is 14.2. The summed E-state index contributed by atoms with van der Waals surface area (Å²) in [6, 6.07) is 7.53. The van der Waals surface area contributed by atoms with Crippen LogP contribution in [-0.2, 0) is 18.9 Å². The molecule has 0 saturated carbocycles. The summed E-state index contributed by atoms with van der Waals surface area (Å²) in [6.45, 7) is 1.82. The van der Waals surface area contributed by atoms with Crippen LogP contribution >= 0.6 is 0 Å². The van der Waals surface area contributed by atoms with E-state index in [1.54, 1.807) is 20.6 Å². The molecule has 0 amide bonds. The zero-order valence-corrected chi connectivity index (χ0v) is 16.6. The third-order valence-corrected chi connectivity index (χ3v) is 4.28. The van der Waals surface area contributed by atoms with Crippen molar-refractivity contribution in [2.45, 2.75) is 6.04 Å². The van der Waals surface area contributed by atoms with Crippen molar-refractivity contribution in [2.24, 2.45) is 4.99 Å². The summed E-state index contributed by atoms with van der Waals surface area (Å²) in [6.07, 6.45) is 13.0. The van der Waals surface area contributed by atoms with E-state index in [-0.39, 0.29) is 6.04 Å². The number of benzene rings is 1. The zero-order valence-electron chi connectivity index (χ0n) is 16.6. The number of hydrogen-bond donors (Lipinski definition) is 1. The fraction of sp³-hybridized carbons (Fsp3) is 0.318. The molecule has 1 aromatic rings. The minimum Gasteiger partial charge on any atom is -0.488 e. The van der Waals surface area contributed by atoms with Gasteiger partial charge in [-0.05, 0) is 30.4 Å². The number of nitrogens with zero attached hydrogens (tertiary/aromatic N) is 2. The molecule has 1 aromatic carbocycles. The topological polar surface area (TPSA) is 64.6 Å². The quantitative estimate of drug-likeness (QED) is 0.485. The summed E-state index contributed by atoms with van der Waals surface area (Å²) in [5, 5.41) is 1.90. The van der Waals surface area contributed by atoms with Gasteiger partial charge in [0.15, 0.2) is 11.5 Å². The SMILES string of the molecule is C#Cc1cccc(NN2C=NC=C3C=C(OCCOC)C(OCCOC)=CC32)c1. The largest absolute Gasteiger partial charge is 0.488 e. The lowest BCUT2D eigenvalue weighted by molar-refractivity contribution is 0.0767. The summed E-state index contributed by atoms with van der Waals surface area (Å²) in [7, 11) is 3.27. The molecule has 0 spiro atoms. The molecule has 2 aliphatic rings. The second-order valence-corrected chi connectivity index (χ2v) is 6.30. The van der Waals surface area contributed by atoms with Gasteiger partial charge in [0.05, 0.1) is 18.9 Å². The van der Waals surface area contributed by atoms with Crippen LogP contribution < -0.4 is 5.43 Å². The Morgan fingerprint density at radius 3 is 2.59 bits per heavy atom. The molecular formula is C22H25N3O4. The highest BCUT2D eigenvalue weighted by atomic mass is 16.6. The van der Waals surface area contributed by atoms with Crippen LogP contribution in [0.15, 0.2) is 64.7 Å². The standard InChI is InChI=1S/C22H25N3O4/c1-4-17-6-5-7-19(12-17)24-25-16-23-15-18-13-21(28-10-8-26-2)22(14-20(18)25)29-11-9-27-3/h1,5-7,12-16,20,24H,8-11H2,2-3H3. The van der Waals surface area contributed by atoms with Crippen molar-refractivity contribution < 1.29 is 18.9 Å². The van der Waals surface area contributed by atoms with Crippen LogP contribution in [-0.4, -0.2) is 58.0 Å². The third kappa shape index (κ3) is 5.41. The van der Waals surface area contributed by atoms with Gasteiger partial charge in [-0.2, -0.15) is 0 Å². The van der Waals surface area contributed by atoms with Gasteiger partial charge in [-0.25, -0.2) is 4.99 Å². The minimum atomic E-state index is -0.116. The van der Waals surface area contributed by atoms with Crippen molar-refractivity contribution >= 4 is 12.0 Å². The van der Waals surface area contributed by atoms with Crippen molar-refractivity contribution in [3.8, 4) is 12.3 Å². The molecule has 1 atom stereocenters. The number of aliphatic imine (C=N–C) groups is 1. The highest BCUT2D eigenvalue weighted by Crippen LogP contribution is 2.29. The van der Waals surface area contributed by atoms with Gasteiger partial charge in [-0.15, -0.1) is 6.42 Å². The highest BCUT2D eigenvalue weighted by molar-refractivity contribution is 5.66. The lowest BCUT2D eigenvalue weighted by atomic mass is 9.99. The number of hydrogen-bond acceptors (Lipinski definition) is 7. The normalized spacial score (nSPS) is 17.5. The molecule has 1 heterocycles. The number of methoxy groups -OCH3 is 2. The molecule has 29 heavy (non-hydrogen) atoms. The van der Waals surface area contributed by atoms with E-state index in [1.165, 1.54) is 0 Å². The van der Waals surface area contributed by atoms with Gasteiger partial charge in [0, 0.05) is 31.6 Å². The van der Waals surface area contributed by atoms with E-state index >= 15 is 0 Å². The molecule has 0 radical (unpaired) electrons. The Labute approximate surface area is 171 Å². The lowest BCUT2D eigenvalue weighted by Crippen LogP contribution is -2.41. The first-order valence-corrected chi connectivity index (χ1v) is 9.27. The van der Waals surface area contributed by atoms with Crippen molar-refractivity contribution in [3.63, 3.8) is 0 Å². The number of fused-ring (bicyclic) bond motifs is 1. The van der Waals surface area contributed by atoms with E-state index in [2.05, 4.69) is 16.3 Å². The minimum absolute atomic E-state index is 0.116. The maximum absolute atomic E-state index is 5.90. The molecule has 1 aliphatic heterocycles. The summed E-state index contributed by atoms with van der Waals surface area (Å²) >= 11 is 0. The average molecular weight is 395 g/mol. The van der Waals surface area contributed by atoms with E-state index in [0.29, 0.717) is 37.9 Å². The number of rotatable bonds is 10. The fourth-order valence-corrected chi connectivity index (χ4v) is 2.88. The maximum atomic E-state index is 5.90. The second kappa shape index (κ2) is 10.4. The van der Waals surface area contributed by atoms with Crippen LogP contribution in [0.3, 0.4) is 0 Å². The smallest absolute Gasteiger partial charge is 0.161 e. The Kier molecular flexibility index (Phi) is 7.34. The number of hydrazine groups is 1. The maximum Gasteiger partial charge on any atom is 0.161 e. The van der Waals surface area contributed by atoms with Gasteiger partial charge in [0.2, 0.25) is 0 Å². The third-order valence-electron chi connectivity index (χ3n) is 4.28. The van der Waals surface area contributed by atoms with Gasteiger partial charge in [-0.3, -0.25) is 10.4 Å². The molecule has 1 unspecified atom stereocenters. The van der Waals surface area contributed by atoms with Gasteiger partial charge in [-0.1, -0.05) is 12.0 Å². The summed E-state index contributed by atoms with van der Waals surface area (Å²) < 4.78 is 21.9. The van der Waals surface area contributed by atoms with E-state index in [0.717, 1.165) is 16.8 Å². The summed E-state index contributed by atoms with van der Waals surface area (Å²) in [4.78, 5) is 4.33. The van der Waals surface area contributed by atoms with Crippen molar-refractivity contribution in [1.29, 1.82) is 0 Å². The molecule has 0 fully saturated rings. The second-order valence-electron chi connectivity index (χ2n) is 6.30. The van der Waals surface area contributed by atoms with Gasteiger partial charge in [0.1, 0.15) is 25.6 Å². The first kappa shape index (κ1) is 20.5. The van der Waals surface area contributed by atoms with Gasteiger partial charge < -0.3 is 18.9 Å². The summed E-state index contributed by atoms with van der Waals surface area (Å²) in [5.74, 6) is 3.94. The molecule has 152 valence electrons. The van der Waals surface area contributed by atoms with Crippen molar-refractivity contribution in [3.05, 3.63) is 65.3 Å². The predicted molar refractivity (Wildman–Crippen MR) is 112 cm³/mol. The van der Waals surface area contributed by atoms with E-state index in [4.69, 9.17) is 25.4 Å². The van der Waals surface area contributed by atoms with Gasteiger partial charge in [0.25, 0.3) is 0 Å². The Balaban J connectivity index is 1.79. The molecule has 0 saturated heterocycles. The Bertz CT molecular complexity index is 867. The molecule has 0 bridgehead atoms. The van der Waals surface area contributed by atoms with E-state index < -0.39 is 0 Å². The van der Waals surface area contributed by atoms with Crippen molar-refractivity contribution in [2.75, 3.05) is 46.1 Å². The average Bonchev–Trinajstić information content (AvgIpc) is 2.75. The molecule has 0 aromatic heterocycles. The van der Waals surface area contributed by atoms with Crippen LogP contribution in [0.2, 0.25) is 0 Å².